The average Bonchev–Trinajstić information content (AvgIpc) is 2.46. The molecule has 21 heavy (non-hydrogen) atoms. The van der Waals surface area contributed by atoms with Crippen LogP contribution in [-0.2, 0) is 12.6 Å². The first-order valence-corrected chi connectivity index (χ1v) is 7.82. The first-order chi connectivity index (χ1) is 9.95. The Morgan fingerprint density at radius 3 is 2.48 bits per heavy atom. The van der Waals surface area contributed by atoms with E-state index in [0.717, 1.165) is 44.0 Å². The summed E-state index contributed by atoms with van der Waals surface area (Å²) in [5.74, 6) is 0. The van der Waals surface area contributed by atoms with Gasteiger partial charge in [0, 0.05) is 6.54 Å². The van der Waals surface area contributed by atoms with E-state index in [-0.39, 0.29) is 5.41 Å². The molecule has 0 atom stereocenters. The minimum atomic E-state index is -4.25. The van der Waals surface area contributed by atoms with Crippen molar-refractivity contribution in [3.63, 3.8) is 0 Å². The minimum Gasteiger partial charge on any atom is -0.316 e. The Morgan fingerprint density at radius 2 is 1.86 bits per heavy atom. The predicted octanol–water partition coefficient (Wildman–Crippen LogP) is 4.81. The molecule has 4 heteroatoms. The van der Waals surface area contributed by atoms with Crippen molar-refractivity contribution in [3.8, 4) is 0 Å². The maximum absolute atomic E-state index is 12.8. The van der Waals surface area contributed by atoms with Gasteiger partial charge in [0.05, 0.1) is 5.56 Å². The zero-order valence-electron chi connectivity index (χ0n) is 12.6. The molecule has 1 aromatic carbocycles. The third-order valence-electron chi connectivity index (χ3n) is 4.50. The normalized spacial score (nSPS) is 18.7. The number of nitrogens with one attached hydrogen (secondary N) is 1. The third kappa shape index (κ3) is 4.47. The molecule has 0 heterocycles. The van der Waals surface area contributed by atoms with Crippen molar-refractivity contribution >= 4 is 0 Å². The van der Waals surface area contributed by atoms with Gasteiger partial charge in [0.1, 0.15) is 0 Å². The number of hydrogen-bond acceptors (Lipinski definition) is 1. The minimum absolute atomic E-state index is 0.123. The van der Waals surface area contributed by atoms with Crippen molar-refractivity contribution in [1.29, 1.82) is 0 Å². The Kier molecular flexibility index (Phi) is 5.31. The van der Waals surface area contributed by atoms with E-state index >= 15 is 0 Å². The molecular weight excluding hydrogens is 275 g/mol. The van der Waals surface area contributed by atoms with Gasteiger partial charge in [-0.15, -0.1) is 0 Å². The van der Waals surface area contributed by atoms with E-state index in [2.05, 4.69) is 12.2 Å². The van der Waals surface area contributed by atoms with E-state index < -0.39 is 11.7 Å². The van der Waals surface area contributed by atoms with Crippen molar-refractivity contribution in [2.45, 2.75) is 51.6 Å². The lowest BCUT2D eigenvalue weighted by Crippen LogP contribution is -2.38. The molecule has 0 bridgehead atoms. The van der Waals surface area contributed by atoms with Gasteiger partial charge in [0.15, 0.2) is 0 Å². The standard InChI is InChI=1S/C17H24F3N/c1-2-21-13-16(9-4-3-5-10-16)12-14-7-6-8-15(11-14)17(18,19)20/h6-8,11,21H,2-5,9-10,12-13H2,1H3. The van der Waals surface area contributed by atoms with Crippen LogP contribution in [0.15, 0.2) is 24.3 Å². The second-order valence-electron chi connectivity index (χ2n) is 6.22. The van der Waals surface area contributed by atoms with E-state index in [0.29, 0.717) is 0 Å². The molecule has 1 fully saturated rings. The van der Waals surface area contributed by atoms with Crippen LogP contribution >= 0.6 is 0 Å². The van der Waals surface area contributed by atoms with Crippen LogP contribution < -0.4 is 5.32 Å². The number of benzene rings is 1. The van der Waals surface area contributed by atoms with Gasteiger partial charge in [0.2, 0.25) is 0 Å². The summed E-state index contributed by atoms with van der Waals surface area (Å²) in [7, 11) is 0. The molecule has 1 saturated carbocycles. The Balaban J connectivity index is 2.16. The van der Waals surface area contributed by atoms with Crippen LogP contribution in [-0.4, -0.2) is 13.1 Å². The summed E-state index contributed by atoms with van der Waals surface area (Å²) in [6, 6.07) is 5.84. The molecule has 1 aliphatic rings. The lowest BCUT2D eigenvalue weighted by molar-refractivity contribution is -0.137. The Morgan fingerprint density at radius 1 is 1.14 bits per heavy atom. The maximum Gasteiger partial charge on any atom is 0.416 e. The summed E-state index contributed by atoms with van der Waals surface area (Å²) >= 11 is 0. The smallest absolute Gasteiger partial charge is 0.316 e. The van der Waals surface area contributed by atoms with Crippen molar-refractivity contribution in [2.24, 2.45) is 5.41 Å². The van der Waals surface area contributed by atoms with Gasteiger partial charge in [-0.25, -0.2) is 0 Å². The molecule has 0 radical (unpaired) electrons. The highest BCUT2D eigenvalue weighted by Gasteiger charge is 2.34. The van der Waals surface area contributed by atoms with Crippen LogP contribution in [0.2, 0.25) is 0 Å². The molecule has 1 aliphatic carbocycles. The molecule has 0 spiro atoms. The summed E-state index contributed by atoms with van der Waals surface area (Å²) in [6.45, 7) is 3.88. The molecule has 0 aromatic heterocycles. The number of alkyl halides is 3. The van der Waals surface area contributed by atoms with Crippen LogP contribution in [0, 0.1) is 5.41 Å². The van der Waals surface area contributed by atoms with Crippen molar-refractivity contribution < 1.29 is 13.2 Å². The van der Waals surface area contributed by atoms with Gasteiger partial charge in [-0.05, 0) is 42.9 Å². The molecule has 2 rings (SSSR count). The van der Waals surface area contributed by atoms with Gasteiger partial charge >= 0.3 is 6.18 Å². The Bertz CT molecular complexity index is 448. The number of rotatable bonds is 5. The fourth-order valence-electron chi connectivity index (χ4n) is 3.40. The quantitative estimate of drug-likeness (QED) is 0.823. The van der Waals surface area contributed by atoms with Gasteiger partial charge in [-0.1, -0.05) is 44.4 Å². The molecule has 0 aliphatic heterocycles. The summed E-state index contributed by atoms with van der Waals surface area (Å²) in [4.78, 5) is 0. The van der Waals surface area contributed by atoms with Crippen molar-refractivity contribution in [3.05, 3.63) is 35.4 Å². The summed E-state index contributed by atoms with van der Waals surface area (Å²) < 4.78 is 38.5. The monoisotopic (exact) mass is 299 g/mol. The number of halogens is 3. The fourth-order valence-corrected chi connectivity index (χ4v) is 3.40. The van der Waals surface area contributed by atoms with Crippen LogP contribution in [0.25, 0.3) is 0 Å². The van der Waals surface area contributed by atoms with Gasteiger partial charge < -0.3 is 5.32 Å². The third-order valence-corrected chi connectivity index (χ3v) is 4.50. The molecule has 1 N–H and O–H groups in total. The predicted molar refractivity (Wildman–Crippen MR) is 79.2 cm³/mol. The average molecular weight is 299 g/mol. The van der Waals surface area contributed by atoms with E-state index in [1.165, 1.54) is 31.4 Å². The van der Waals surface area contributed by atoms with Crippen molar-refractivity contribution in [2.75, 3.05) is 13.1 Å². The SMILES string of the molecule is CCNCC1(Cc2cccc(C(F)(F)F)c2)CCCCC1. The summed E-state index contributed by atoms with van der Waals surface area (Å²) in [5, 5.41) is 3.40. The summed E-state index contributed by atoms with van der Waals surface area (Å²) in [6.07, 6.45) is 2.32. The second-order valence-corrected chi connectivity index (χ2v) is 6.22. The van der Waals surface area contributed by atoms with Crippen LogP contribution in [0.1, 0.15) is 50.2 Å². The lowest BCUT2D eigenvalue weighted by Gasteiger charge is -2.38. The Labute approximate surface area is 124 Å². The highest BCUT2D eigenvalue weighted by Crippen LogP contribution is 2.39. The highest BCUT2D eigenvalue weighted by atomic mass is 19.4. The number of hydrogen-bond donors (Lipinski definition) is 1. The molecular formula is C17H24F3N. The molecule has 0 saturated heterocycles. The van der Waals surface area contributed by atoms with E-state index in [9.17, 15) is 13.2 Å². The zero-order valence-corrected chi connectivity index (χ0v) is 12.6. The first kappa shape index (κ1) is 16.3. The van der Waals surface area contributed by atoms with Crippen LogP contribution in [0.5, 0.6) is 0 Å². The molecule has 1 aromatic rings. The fraction of sp³-hybridized carbons (Fsp3) is 0.647. The molecule has 118 valence electrons. The van der Waals surface area contributed by atoms with Gasteiger partial charge in [0.25, 0.3) is 0 Å². The summed E-state index contributed by atoms with van der Waals surface area (Å²) in [5.41, 5.74) is 0.400. The van der Waals surface area contributed by atoms with Gasteiger partial charge in [-0.3, -0.25) is 0 Å². The second kappa shape index (κ2) is 6.82. The van der Waals surface area contributed by atoms with E-state index in [1.54, 1.807) is 0 Å². The Hall–Kier alpha value is -1.03. The molecule has 1 nitrogen and oxygen atoms in total. The van der Waals surface area contributed by atoms with E-state index in [4.69, 9.17) is 0 Å². The molecule has 0 amide bonds. The molecule has 0 unspecified atom stereocenters. The highest BCUT2D eigenvalue weighted by molar-refractivity contribution is 5.26. The first-order valence-electron chi connectivity index (χ1n) is 7.82. The van der Waals surface area contributed by atoms with E-state index in [1.807, 2.05) is 6.07 Å². The van der Waals surface area contributed by atoms with Crippen LogP contribution in [0.3, 0.4) is 0 Å². The maximum atomic E-state index is 12.8. The van der Waals surface area contributed by atoms with Crippen molar-refractivity contribution in [1.82, 2.24) is 5.32 Å². The zero-order chi connectivity index (χ0) is 15.3. The van der Waals surface area contributed by atoms with Gasteiger partial charge in [-0.2, -0.15) is 13.2 Å². The topological polar surface area (TPSA) is 12.0 Å². The lowest BCUT2D eigenvalue weighted by atomic mass is 9.70. The van der Waals surface area contributed by atoms with Crippen LogP contribution in [0.4, 0.5) is 13.2 Å². The largest absolute Gasteiger partial charge is 0.416 e.